The molecule has 2 amide bonds. The highest BCUT2D eigenvalue weighted by atomic mass is 19.3. The van der Waals surface area contributed by atoms with Gasteiger partial charge in [-0.1, -0.05) is 61.9 Å². The molecule has 0 spiro atoms. The fourth-order valence-corrected chi connectivity index (χ4v) is 4.16. The number of hydrogen-bond acceptors (Lipinski definition) is 4. The van der Waals surface area contributed by atoms with E-state index in [1.165, 1.54) is 0 Å². The number of carbonyl (C=O) groups excluding carboxylic acids is 2. The number of halogens is 2. The quantitative estimate of drug-likeness (QED) is 0.454. The Balaban J connectivity index is 1.55. The summed E-state index contributed by atoms with van der Waals surface area (Å²) in [5, 5.41) is 13.6. The lowest BCUT2D eigenvalue weighted by Crippen LogP contribution is -2.44. The number of alkyl halides is 2. The fourth-order valence-electron chi connectivity index (χ4n) is 4.16. The number of carboxylic acid groups (broad SMARTS) is 1. The first kappa shape index (κ1) is 25.1. The number of nitrogens with one attached hydrogen (secondary N) is 2. The Bertz CT molecular complexity index is 984. The molecule has 0 heterocycles. The molecule has 0 aliphatic heterocycles. The third kappa shape index (κ3) is 6.09. The van der Waals surface area contributed by atoms with Gasteiger partial charge in [0.2, 0.25) is 5.91 Å². The van der Waals surface area contributed by atoms with Gasteiger partial charge in [0.05, 0.1) is 12.3 Å². The van der Waals surface area contributed by atoms with Crippen LogP contribution in [0.3, 0.4) is 0 Å². The molecule has 34 heavy (non-hydrogen) atoms. The first-order valence-corrected chi connectivity index (χ1v) is 11.2. The summed E-state index contributed by atoms with van der Waals surface area (Å²) in [6.07, 6.45) is -3.78. The Hall–Kier alpha value is -3.49. The summed E-state index contributed by atoms with van der Waals surface area (Å²) >= 11 is 0. The molecule has 182 valence electrons. The molecule has 1 aliphatic carbocycles. The van der Waals surface area contributed by atoms with Crippen molar-refractivity contribution in [2.24, 2.45) is 5.92 Å². The molecule has 2 unspecified atom stereocenters. The Kier molecular flexibility index (Phi) is 8.56. The van der Waals surface area contributed by atoms with Crippen molar-refractivity contribution >= 4 is 18.0 Å². The zero-order valence-corrected chi connectivity index (χ0v) is 18.8. The van der Waals surface area contributed by atoms with Gasteiger partial charge in [-0.25, -0.2) is 13.6 Å². The van der Waals surface area contributed by atoms with E-state index in [2.05, 4.69) is 10.6 Å². The molecular formula is C25H28F2N2O5. The van der Waals surface area contributed by atoms with Crippen LogP contribution in [-0.4, -0.2) is 48.7 Å². The summed E-state index contributed by atoms with van der Waals surface area (Å²) < 4.78 is 32.2. The number of carbonyl (C=O) groups is 3. The van der Waals surface area contributed by atoms with E-state index in [-0.39, 0.29) is 19.1 Å². The summed E-state index contributed by atoms with van der Waals surface area (Å²) in [4.78, 5) is 35.5. The van der Waals surface area contributed by atoms with Crippen LogP contribution < -0.4 is 10.6 Å². The minimum absolute atomic E-state index is 0.0423. The molecule has 2 aromatic carbocycles. The van der Waals surface area contributed by atoms with Crippen molar-refractivity contribution in [1.29, 1.82) is 0 Å². The molecule has 2 atom stereocenters. The molecule has 3 N–H and O–H groups in total. The van der Waals surface area contributed by atoms with Gasteiger partial charge in [-0.05, 0) is 28.7 Å². The maximum absolute atomic E-state index is 13.5. The standard InChI is InChI=1S/C25H28F2N2O5/c1-2-7-15(24(31)32)13-28-22(30)12-21(23(26)27)29-25(33)34-14-20-18-10-5-3-8-16(18)17-9-4-6-11-19(17)20/h3-6,8-11,15,20-21,23H,2,7,12-14H2,1H3,(H,28,30)(H,29,33)(H,31,32). The van der Waals surface area contributed by atoms with Gasteiger partial charge in [-0.15, -0.1) is 0 Å². The normalized spacial score (nSPS) is 14.1. The lowest BCUT2D eigenvalue weighted by Gasteiger charge is -2.20. The molecule has 0 fully saturated rings. The molecule has 9 heteroatoms. The van der Waals surface area contributed by atoms with Crippen molar-refractivity contribution in [3.05, 3.63) is 59.7 Å². The van der Waals surface area contributed by atoms with Gasteiger partial charge >= 0.3 is 12.1 Å². The fraction of sp³-hybridized carbons (Fsp3) is 0.400. The number of rotatable bonds is 11. The summed E-state index contributed by atoms with van der Waals surface area (Å²) in [7, 11) is 0. The van der Waals surface area contributed by atoms with E-state index >= 15 is 0 Å². The number of hydrogen-bond donors (Lipinski definition) is 3. The average Bonchev–Trinajstić information content (AvgIpc) is 3.13. The average molecular weight is 475 g/mol. The Labute approximate surface area is 196 Å². The maximum Gasteiger partial charge on any atom is 0.407 e. The number of fused-ring (bicyclic) bond motifs is 3. The van der Waals surface area contributed by atoms with Gasteiger partial charge in [-0.2, -0.15) is 0 Å². The van der Waals surface area contributed by atoms with Crippen LogP contribution in [0.1, 0.15) is 43.2 Å². The second-order valence-corrected chi connectivity index (χ2v) is 8.24. The summed E-state index contributed by atoms with van der Waals surface area (Å²) in [6.45, 7) is 1.60. The zero-order chi connectivity index (χ0) is 24.7. The predicted molar refractivity (Wildman–Crippen MR) is 122 cm³/mol. The van der Waals surface area contributed by atoms with Crippen LogP contribution >= 0.6 is 0 Å². The van der Waals surface area contributed by atoms with Gasteiger partial charge in [-0.3, -0.25) is 9.59 Å². The van der Waals surface area contributed by atoms with E-state index in [0.29, 0.717) is 12.8 Å². The maximum atomic E-state index is 13.5. The van der Waals surface area contributed by atoms with Gasteiger partial charge in [0, 0.05) is 12.5 Å². The highest BCUT2D eigenvalue weighted by Crippen LogP contribution is 2.44. The Morgan fingerprint density at radius 3 is 2.15 bits per heavy atom. The van der Waals surface area contributed by atoms with E-state index in [1.54, 1.807) is 0 Å². The summed E-state index contributed by atoms with van der Waals surface area (Å²) in [5.41, 5.74) is 4.05. The van der Waals surface area contributed by atoms with Crippen LogP contribution in [0.5, 0.6) is 0 Å². The third-order valence-electron chi connectivity index (χ3n) is 5.89. The van der Waals surface area contributed by atoms with Crippen molar-refractivity contribution < 1.29 is 33.0 Å². The monoisotopic (exact) mass is 474 g/mol. The number of benzene rings is 2. The van der Waals surface area contributed by atoms with Crippen molar-refractivity contribution in [3.63, 3.8) is 0 Å². The van der Waals surface area contributed by atoms with E-state index in [9.17, 15) is 23.2 Å². The Morgan fingerprint density at radius 1 is 1.03 bits per heavy atom. The van der Waals surface area contributed by atoms with Crippen molar-refractivity contribution in [3.8, 4) is 11.1 Å². The van der Waals surface area contributed by atoms with Crippen LogP contribution in [0.25, 0.3) is 11.1 Å². The van der Waals surface area contributed by atoms with Gasteiger partial charge in [0.25, 0.3) is 6.43 Å². The first-order chi connectivity index (χ1) is 16.3. The molecule has 0 saturated carbocycles. The molecule has 2 aromatic rings. The van der Waals surface area contributed by atoms with Crippen LogP contribution in [-0.2, 0) is 14.3 Å². The molecule has 0 aromatic heterocycles. The van der Waals surface area contributed by atoms with Gasteiger partial charge in [0.15, 0.2) is 0 Å². The number of carboxylic acids is 1. The molecule has 0 bridgehead atoms. The molecular weight excluding hydrogens is 446 g/mol. The largest absolute Gasteiger partial charge is 0.481 e. The molecule has 0 radical (unpaired) electrons. The molecule has 7 nitrogen and oxygen atoms in total. The number of alkyl carbamates (subject to hydrolysis) is 1. The van der Waals surface area contributed by atoms with Crippen LogP contribution in [0, 0.1) is 5.92 Å². The van der Waals surface area contributed by atoms with Gasteiger partial charge < -0.3 is 20.5 Å². The zero-order valence-electron chi connectivity index (χ0n) is 18.8. The predicted octanol–water partition coefficient (Wildman–Crippen LogP) is 4.17. The lowest BCUT2D eigenvalue weighted by molar-refractivity contribution is -0.142. The summed E-state index contributed by atoms with van der Waals surface area (Å²) in [5.74, 6) is -2.86. The van der Waals surface area contributed by atoms with E-state index in [1.807, 2.05) is 55.5 Å². The first-order valence-electron chi connectivity index (χ1n) is 11.2. The summed E-state index contributed by atoms with van der Waals surface area (Å²) in [6, 6.07) is 13.7. The Morgan fingerprint density at radius 2 is 1.62 bits per heavy atom. The minimum atomic E-state index is -3.00. The minimum Gasteiger partial charge on any atom is -0.481 e. The van der Waals surface area contributed by atoms with Crippen LogP contribution in [0.4, 0.5) is 13.6 Å². The van der Waals surface area contributed by atoms with Gasteiger partial charge in [0.1, 0.15) is 12.6 Å². The second kappa shape index (κ2) is 11.6. The smallest absolute Gasteiger partial charge is 0.407 e. The highest BCUT2D eigenvalue weighted by Gasteiger charge is 2.31. The van der Waals surface area contributed by atoms with Crippen molar-refractivity contribution in [2.75, 3.05) is 13.2 Å². The number of aliphatic carboxylic acids is 1. The molecule has 3 rings (SSSR count). The highest BCUT2D eigenvalue weighted by molar-refractivity contribution is 5.80. The SMILES string of the molecule is CCCC(CNC(=O)CC(NC(=O)OCC1c2ccccc2-c2ccccc21)C(F)F)C(=O)O. The second-order valence-electron chi connectivity index (χ2n) is 8.24. The van der Waals surface area contributed by atoms with E-state index < -0.39 is 42.8 Å². The van der Waals surface area contributed by atoms with Crippen LogP contribution in [0.2, 0.25) is 0 Å². The molecule has 1 aliphatic rings. The topological polar surface area (TPSA) is 105 Å². The third-order valence-corrected chi connectivity index (χ3v) is 5.89. The van der Waals surface area contributed by atoms with E-state index in [4.69, 9.17) is 9.84 Å². The lowest BCUT2D eigenvalue weighted by atomic mass is 9.98. The van der Waals surface area contributed by atoms with E-state index in [0.717, 1.165) is 22.3 Å². The van der Waals surface area contributed by atoms with Crippen molar-refractivity contribution in [2.45, 2.75) is 44.6 Å². The van der Waals surface area contributed by atoms with Crippen molar-refractivity contribution in [1.82, 2.24) is 10.6 Å². The number of ether oxygens (including phenoxy) is 1. The van der Waals surface area contributed by atoms with Crippen LogP contribution in [0.15, 0.2) is 48.5 Å². The number of amides is 2. The molecule has 0 saturated heterocycles.